The molecule has 1 nitrogen and oxygen atoms in total. The molecule has 2 bridgehead atoms. The van der Waals surface area contributed by atoms with E-state index in [-0.39, 0.29) is 0 Å². The maximum Gasteiger partial charge on any atom is 0.163 e. The monoisotopic (exact) mass is 212 g/mol. The highest BCUT2D eigenvalue weighted by atomic mass is 16.1. The molecule has 16 heavy (non-hydrogen) atoms. The van der Waals surface area contributed by atoms with E-state index in [2.05, 4.69) is 12.2 Å². The van der Waals surface area contributed by atoms with Gasteiger partial charge in [0.25, 0.3) is 0 Å². The predicted molar refractivity (Wildman–Crippen MR) is 64.2 cm³/mol. The van der Waals surface area contributed by atoms with E-state index in [0.29, 0.717) is 17.6 Å². The molecule has 1 saturated carbocycles. The molecule has 1 heteroatoms. The second kappa shape index (κ2) is 3.89. The van der Waals surface area contributed by atoms with Crippen LogP contribution in [0.4, 0.5) is 0 Å². The van der Waals surface area contributed by atoms with Crippen molar-refractivity contribution in [3.8, 4) is 0 Å². The molecule has 0 saturated heterocycles. The largest absolute Gasteiger partial charge is 0.294 e. The van der Waals surface area contributed by atoms with Gasteiger partial charge in [0.1, 0.15) is 0 Å². The van der Waals surface area contributed by atoms with E-state index in [0.717, 1.165) is 17.9 Å². The van der Waals surface area contributed by atoms with Crippen molar-refractivity contribution in [2.24, 2.45) is 17.8 Å². The molecule has 3 atom stereocenters. The molecule has 3 rings (SSSR count). The van der Waals surface area contributed by atoms with Crippen molar-refractivity contribution in [1.29, 1.82) is 0 Å². The molecular weight excluding hydrogens is 196 g/mol. The van der Waals surface area contributed by atoms with Gasteiger partial charge in [-0.3, -0.25) is 4.79 Å². The Morgan fingerprint density at radius 2 is 1.94 bits per heavy atom. The Morgan fingerprint density at radius 1 is 1.12 bits per heavy atom. The van der Waals surface area contributed by atoms with Crippen LogP contribution >= 0.6 is 0 Å². The summed E-state index contributed by atoms with van der Waals surface area (Å²) in [6, 6.07) is 9.68. The summed E-state index contributed by atoms with van der Waals surface area (Å²) in [6.07, 6.45) is 7.88. The second-order valence-corrected chi connectivity index (χ2v) is 5.03. The van der Waals surface area contributed by atoms with E-state index >= 15 is 0 Å². The number of fused-ring (bicyclic) bond motifs is 2. The third kappa shape index (κ3) is 1.71. The minimum atomic E-state index is 0.312. The van der Waals surface area contributed by atoms with Crippen LogP contribution in [0.25, 0.3) is 0 Å². The first-order chi connectivity index (χ1) is 7.83. The third-order valence-electron chi connectivity index (χ3n) is 3.96. The molecule has 0 N–H and O–H groups in total. The Labute approximate surface area is 96.2 Å². The molecule has 0 aromatic heterocycles. The normalized spacial score (nSPS) is 30.9. The van der Waals surface area contributed by atoms with E-state index in [1.807, 2.05) is 30.3 Å². The summed E-state index contributed by atoms with van der Waals surface area (Å²) in [6.45, 7) is 0. The minimum Gasteiger partial charge on any atom is -0.294 e. The lowest BCUT2D eigenvalue weighted by molar-refractivity contribution is 0.0954. The van der Waals surface area contributed by atoms with Crippen LogP contribution in [0.1, 0.15) is 29.6 Å². The molecule has 0 amide bonds. The maximum absolute atomic E-state index is 12.1. The lowest BCUT2D eigenvalue weighted by atomic mass is 9.87. The molecule has 0 radical (unpaired) electrons. The number of Topliss-reactive ketones (excluding diaryl/α,β-unsaturated/α-hetero) is 1. The average Bonchev–Trinajstić information content (AvgIpc) is 2.92. The summed E-state index contributed by atoms with van der Waals surface area (Å²) >= 11 is 0. The minimum absolute atomic E-state index is 0.312. The van der Waals surface area contributed by atoms with Crippen molar-refractivity contribution in [3.05, 3.63) is 48.0 Å². The predicted octanol–water partition coefficient (Wildman–Crippen LogP) is 3.47. The van der Waals surface area contributed by atoms with Crippen LogP contribution < -0.4 is 0 Å². The number of hydrogen-bond donors (Lipinski definition) is 0. The summed E-state index contributed by atoms with van der Waals surface area (Å²) in [5.74, 6) is 2.35. The molecule has 0 aliphatic heterocycles. The summed E-state index contributed by atoms with van der Waals surface area (Å²) < 4.78 is 0. The van der Waals surface area contributed by atoms with Crippen LogP contribution in [0, 0.1) is 17.8 Å². The van der Waals surface area contributed by atoms with E-state index < -0.39 is 0 Å². The smallest absolute Gasteiger partial charge is 0.163 e. The van der Waals surface area contributed by atoms with E-state index in [4.69, 9.17) is 0 Å². The number of carbonyl (C=O) groups is 1. The van der Waals surface area contributed by atoms with Gasteiger partial charge in [0.05, 0.1) is 0 Å². The van der Waals surface area contributed by atoms with E-state index in [1.54, 1.807) is 0 Å². The summed E-state index contributed by atoms with van der Waals surface area (Å²) in [7, 11) is 0. The summed E-state index contributed by atoms with van der Waals surface area (Å²) in [4.78, 5) is 12.1. The highest BCUT2D eigenvalue weighted by Gasteiger charge is 2.36. The van der Waals surface area contributed by atoms with Crippen LogP contribution in [-0.4, -0.2) is 5.78 Å². The van der Waals surface area contributed by atoms with Gasteiger partial charge in [-0.05, 0) is 30.6 Å². The highest BCUT2D eigenvalue weighted by molar-refractivity contribution is 5.96. The Morgan fingerprint density at radius 3 is 2.56 bits per heavy atom. The molecular formula is C15H16O. The van der Waals surface area contributed by atoms with Gasteiger partial charge >= 0.3 is 0 Å². The van der Waals surface area contributed by atoms with Gasteiger partial charge in [-0.15, -0.1) is 0 Å². The molecule has 2 aliphatic carbocycles. The van der Waals surface area contributed by atoms with Crippen LogP contribution in [0.15, 0.2) is 42.5 Å². The number of hydrogen-bond acceptors (Lipinski definition) is 1. The number of rotatable bonds is 3. The maximum atomic E-state index is 12.1. The molecule has 0 unspecified atom stereocenters. The van der Waals surface area contributed by atoms with Gasteiger partial charge in [-0.25, -0.2) is 0 Å². The SMILES string of the molecule is O=C(C[C@H]1C[C@H]2C=C[C@@H]1C2)c1ccccc1. The van der Waals surface area contributed by atoms with Crippen LogP contribution in [0.5, 0.6) is 0 Å². The topological polar surface area (TPSA) is 17.1 Å². The van der Waals surface area contributed by atoms with Crippen molar-refractivity contribution in [2.75, 3.05) is 0 Å². The van der Waals surface area contributed by atoms with Crippen LogP contribution in [0.3, 0.4) is 0 Å². The van der Waals surface area contributed by atoms with Crippen molar-refractivity contribution >= 4 is 5.78 Å². The molecule has 82 valence electrons. The first kappa shape index (κ1) is 9.83. The zero-order valence-corrected chi connectivity index (χ0v) is 9.30. The fourth-order valence-electron chi connectivity index (χ4n) is 3.11. The van der Waals surface area contributed by atoms with Gasteiger partial charge in [0, 0.05) is 12.0 Å². The van der Waals surface area contributed by atoms with Crippen molar-refractivity contribution in [3.63, 3.8) is 0 Å². The molecule has 1 aromatic rings. The summed E-state index contributed by atoms with van der Waals surface area (Å²) in [5, 5.41) is 0. The standard InChI is InChI=1S/C15H16O/c16-15(12-4-2-1-3-5-12)10-14-9-11-6-7-13(14)8-11/h1-7,11,13-14H,8-10H2/t11-,13+,14+/m0/s1. The Hall–Kier alpha value is -1.37. The molecule has 1 fully saturated rings. The Kier molecular flexibility index (Phi) is 2.39. The van der Waals surface area contributed by atoms with Gasteiger partial charge in [-0.1, -0.05) is 42.5 Å². The first-order valence-corrected chi connectivity index (χ1v) is 6.09. The summed E-state index contributed by atoms with van der Waals surface area (Å²) in [5.41, 5.74) is 0.870. The van der Waals surface area contributed by atoms with Crippen LogP contribution in [-0.2, 0) is 0 Å². The number of ketones is 1. The zero-order chi connectivity index (χ0) is 11.0. The fourth-order valence-corrected chi connectivity index (χ4v) is 3.11. The molecule has 2 aliphatic rings. The Bertz CT molecular complexity index is 418. The second-order valence-electron chi connectivity index (χ2n) is 5.03. The number of allylic oxidation sites excluding steroid dienone is 2. The quantitative estimate of drug-likeness (QED) is 0.554. The number of benzene rings is 1. The van der Waals surface area contributed by atoms with Gasteiger partial charge in [0.15, 0.2) is 5.78 Å². The van der Waals surface area contributed by atoms with Gasteiger partial charge in [0.2, 0.25) is 0 Å². The van der Waals surface area contributed by atoms with Gasteiger partial charge < -0.3 is 0 Å². The zero-order valence-electron chi connectivity index (χ0n) is 9.30. The van der Waals surface area contributed by atoms with Crippen molar-refractivity contribution < 1.29 is 4.79 Å². The Balaban J connectivity index is 1.68. The number of carbonyl (C=O) groups excluding carboxylic acids is 1. The molecule has 0 heterocycles. The fraction of sp³-hybridized carbons (Fsp3) is 0.400. The van der Waals surface area contributed by atoms with E-state index in [1.165, 1.54) is 12.8 Å². The highest BCUT2D eigenvalue weighted by Crippen LogP contribution is 2.45. The lowest BCUT2D eigenvalue weighted by Crippen LogP contribution is -2.13. The lowest BCUT2D eigenvalue weighted by Gasteiger charge is -2.16. The van der Waals surface area contributed by atoms with Crippen LogP contribution in [0.2, 0.25) is 0 Å². The molecule has 1 aromatic carbocycles. The molecule has 0 spiro atoms. The average molecular weight is 212 g/mol. The van der Waals surface area contributed by atoms with Crippen molar-refractivity contribution in [1.82, 2.24) is 0 Å². The van der Waals surface area contributed by atoms with Gasteiger partial charge in [-0.2, -0.15) is 0 Å². The van der Waals surface area contributed by atoms with E-state index in [9.17, 15) is 4.79 Å². The van der Waals surface area contributed by atoms with Crippen molar-refractivity contribution in [2.45, 2.75) is 19.3 Å². The third-order valence-corrected chi connectivity index (χ3v) is 3.96. The first-order valence-electron chi connectivity index (χ1n) is 6.09.